The van der Waals surface area contributed by atoms with E-state index in [4.69, 9.17) is 4.74 Å². The fourth-order valence-electron chi connectivity index (χ4n) is 4.19. The Morgan fingerprint density at radius 1 is 1.39 bits per heavy atom. The van der Waals surface area contributed by atoms with Crippen molar-refractivity contribution in [1.29, 1.82) is 0 Å². The molecule has 0 radical (unpaired) electrons. The fourth-order valence-corrected chi connectivity index (χ4v) is 4.19. The number of benzene rings is 1. The summed E-state index contributed by atoms with van der Waals surface area (Å²) in [7, 11) is 1.66. The van der Waals surface area contributed by atoms with E-state index in [1.54, 1.807) is 7.11 Å². The van der Waals surface area contributed by atoms with Gasteiger partial charge >= 0.3 is 0 Å². The third-order valence-corrected chi connectivity index (χ3v) is 5.68. The van der Waals surface area contributed by atoms with Gasteiger partial charge in [-0.05, 0) is 43.9 Å². The zero-order valence-corrected chi connectivity index (χ0v) is 14.1. The molecule has 3 rings (SSSR count). The summed E-state index contributed by atoms with van der Waals surface area (Å²) in [6.45, 7) is 3.27. The zero-order chi connectivity index (χ0) is 16.4. The number of ether oxygens (including phenoxy) is 1. The minimum atomic E-state index is -0.401. The molecule has 1 aliphatic heterocycles. The van der Waals surface area contributed by atoms with Crippen LogP contribution in [0.3, 0.4) is 0 Å². The number of carbonyl (C=O) groups excluding carboxylic acids is 1. The lowest BCUT2D eigenvalue weighted by Crippen LogP contribution is -2.44. The van der Waals surface area contributed by atoms with Gasteiger partial charge in [-0.1, -0.05) is 25.0 Å². The van der Waals surface area contributed by atoms with Crippen LogP contribution in [-0.2, 0) is 10.2 Å². The van der Waals surface area contributed by atoms with Crippen molar-refractivity contribution in [3.63, 3.8) is 0 Å². The fraction of sp³-hybridized carbons (Fsp3) is 0.632. The van der Waals surface area contributed by atoms with Gasteiger partial charge in [0, 0.05) is 19.0 Å². The van der Waals surface area contributed by atoms with Crippen molar-refractivity contribution in [2.24, 2.45) is 5.92 Å². The predicted octanol–water partition coefficient (Wildman–Crippen LogP) is 2.74. The van der Waals surface area contributed by atoms with Crippen molar-refractivity contribution in [3.05, 3.63) is 29.8 Å². The van der Waals surface area contributed by atoms with Crippen LogP contribution in [0.2, 0.25) is 0 Å². The molecule has 23 heavy (non-hydrogen) atoms. The maximum absolute atomic E-state index is 13.3. The van der Waals surface area contributed by atoms with Crippen LogP contribution < -0.4 is 4.74 Å². The van der Waals surface area contributed by atoms with Gasteiger partial charge in [0.05, 0.1) is 18.6 Å². The summed E-state index contributed by atoms with van der Waals surface area (Å²) in [5.74, 6) is 1.26. The molecule has 1 saturated carbocycles. The normalized spacial score (nSPS) is 24.7. The number of nitrogens with zero attached hydrogens (tertiary/aromatic N) is 1. The van der Waals surface area contributed by atoms with Gasteiger partial charge in [-0.2, -0.15) is 0 Å². The van der Waals surface area contributed by atoms with Crippen LogP contribution in [0.4, 0.5) is 0 Å². The Morgan fingerprint density at radius 3 is 2.74 bits per heavy atom. The van der Waals surface area contributed by atoms with Crippen LogP contribution in [0.25, 0.3) is 0 Å². The highest BCUT2D eigenvalue weighted by Crippen LogP contribution is 2.44. The van der Waals surface area contributed by atoms with Crippen LogP contribution >= 0.6 is 0 Å². The standard InChI is InChI=1S/C19H27NO3/c1-14(21)15-8-11-20(13-15)18(22)19(9-3-4-10-19)16-6-5-7-17(12-16)23-2/h5-7,12,14-15,21H,3-4,8-11,13H2,1-2H3/t14-,15-/m0/s1. The highest BCUT2D eigenvalue weighted by atomic mass is 16.5. The first kappa shape index (κ1) is 16.3. The highest BCUT2D eigenvalue weighted by Gasteiger charge is 2.46. The molecule has 1 amide bonds. The van der Waals surface area contributed by atoms with Gasteiger partial charge in [0.1, 0.15) is 5.75 Å². The molecule has 126 valence electrons. The van der Waals surface area contributed by atoms with Crippen LogP contribution in [0.1, 0.15) is 44.6 Å². The molecular formula is C19H27NO3. The van der Waals surface area contributed by atoms with E-state index in [1.165, 1.54) is 0 Å². The highest BCUT2D eigenvalue weighted by molar-refractivity contribution is 5.89. The topological polar surface area (TPSA) is 49.8 Å². The lowest BCUT2D eigenvalue weighted by molar-refractivity contribution is -0.136. The average Bonchev–Trinajstić information content (AvgIpc) is 3.24. The molecule has 2 fully saturated rings. The minimum absolute atomic E-state index is 0.211. The predicted molar refractivity (Wildman–Crippen MR) is 89.5 cm³/mol. The van der Waals surface area contributed by atoms with E-state index in [0.29, 0.717) is 6.54 Å². The molecular weight excluding hydrogens is 290 g/mol. The molecule has 4 heteroatoms. The van der Waals surface area contributed by atoms with Gasteiger partial charge < -0.3 is 14.7 Å². The number of carbonyl (C=O) groups is 1. The Bertz CT molecular complexity index is 563. The zero-order valence-electron chi connectivity index (χ0n) is 14.1. The Hall–Kier alpha value is -1.55. The first-order chi connectivity index (χ1) is 11.1. The lowest BCUT2D eigenvalue weighted by Gasteiger charge is -2.33. The number of rotatable bonds is 4. The molecule has 0 aromatic heterocycles. The first-order valence-corrected chi connectivity index (χ1v) is 8.69. The van der Waals surface area contributed by atoms with E-state index < -0.39 is 5.41 Å². The molecule has 1 heterocycles. The summed E-state index contributed by atoms with van der Waals surface area (Å²) >= 11 is 0. The van der Waals surface area contributed by atoms with Crippen LogP contribution in [-0.4, -0.2) is 42.2 Å². The van der Waals surface area contributed by atoms with Crippen molar-refractivity contribution in [3.8, 4) is 5.75 Å². The lowest BCUT2D eigenvalue weighted by atomic mass is 9.77. The molecule has 2 aliphatic rings. The van der Waals surface area contributed by atoms with E-state index in [9.17, 15) is 9.90 Å². The van der Waals surface area contributed by atoms with Gasteiger partial charge in [0.15, 0.2) is 0 Å². The summed E-state index contributed by atoms with van der Waals surface area (Å²) in [6, 6.07) is 7.99. The van der Waals surface area contributed by atoms with Crippen molar-refractivity contribution in [2.75, 3.05) is 20.2 Å². The number of amides is 1. The van der Waals surface area contributed by atoms with Crippen LogP contribution in [0, 0.1) is 5.92 Å². The van der Waals surface area contributed by atoms with Gasteiger partial charge in [0.2, 0.25) is 5.91 Å². The van der Waals surface area contributed by atoms with Gasteiger partial charge in [-0.3, -0.25) is 4.79 Å². The number of aliphatic hydroxyl groups is 1. The summed E-state index contributed by atoms with van der Waals surface area (Å²) in [5.41, 5.74) is 0.683. The van der Waals surface area contributed by atoms with E-state index >= 15 is 0 Å². The molecule has 4 nitrogen and oxygen atoms in total. The number of aliphatic hydroxyl groups excluding tert-OH is 1. The molecule has 0 spiro atoms. The maximum atomic E-state index is 13.3. The van der Waals surface area contributed by atoms with Gasteiger partial charge in [-0.15, -0.1) is 0 Å². The summed E-state index contributed by atoms with van der Waals surface area (Å²) < 4.78 is 5.36. The van der Waals surface area contributed by atoms with E-state index in [1.807, 2.05) is 30.0 Å². The van der Waals surface area contributed by atoms with Crippen LogP contribution in [0.5, 0.6) is 5.75 Å². The molecule has 2 atom stereocenters. The summed E-state index contributed by atoms with van der Waals surface area (Å²) in [5, 5.41) is 9.81. The van der Waals surface area contributed by atoms with Crippen molar-refractivity contribution < 1.29 is 14.6 Å². The smallest absolute Gasteiger partial charge is 0.233 e. The van der Waals surface area contributed by atoms with Gasteiger partial charge in [-0.25, -0.2) is 0 Å². The summed E-state index contributed by atoms with van der Waals surface area (Å²) in [6.07, 6.45) is 4.57. The Labute approximate surface area is 138 Å². The Kier molecular flexibility index (Phi) is 4.62. The van der Waals surface area contributed by atoms with Crippen molar-refractivity contribution in [2.45, 2.75) is 50.5 Å². The molecule has 1 aliphatic carbocycles. The average molecular weight is 317 g/mol. The molecule has 1 aromatic rings. The molecule has 1 aromatic carbocycles. The SMILES string of the molecule is COc1cccc(C2(C(=O)N3CC[C@H]([C@H](C)O)C3)CCCC2)c1. The van der Waals surface area contributed by atoms with E-state index in [-0.39, 0.29) is 17.9 Å². The summed E-state index contributed by atoms with van der Waals surface area (Å²) in [4.78, 5) is 15.3. The Balaban J connectivity index is 1.87. The quantitative estimate of drug-likeness (QED) is 0.929. The second kappa shape index (κ2) is 6.52. The first-order valence-electron chi connectivity index (χ1n) is 8.69. The van der Waals surface area contributed by atoms with E-state index in [2.05, 4.69) is 6.07 Å². The monoisotopic (exact) mass is 317 g/mol. The van der Waals surface area contributed by atoms with E-state index in [0.717, 1.165) is 50.0 Å². The molecule has 1 N–H and O–H groups in total. The van der Waals surface area contributed by atoms with Crippen molar-refractivity contribution in [1.82, 2.24) is 4.90 Å². The second-order valence-corrected chi connectivity index (χ2v) is 7.06. The van der Waals surface area contributed by atoms with Gasteiger partial charge in [0.25, 0.3) is 0 Å². The molecule has 0 unspecified atom stereocenters. The second-order valence-electron chi connectivity index (χ2n) is 7.06. The third kappa shape index (κ3) is 2.97. The van der Waals surface area contributed by atoms with Crippen LogP contribution in [0.15, 0.2) is 24.3 Å². The number of hydrogen-bond acceptors (Lipinski definition) is 3. The number of methoxy groups -OCH3 is 1. The minimum Gasteiger partial charge on any atom is -0.497 e. The molecule has 1 saturated heterocycles. The maximum Gasteiger partial charge on any atom is 0.233 e. The molecule has 0 bridgehead atoms. The van der Waals surface area contributed by atoms with Crippen molar-refractivity contribution >= 4 is 5.91 Å². The number of likely N-dealkylation sites (tertiary alicyclic amines) is 1. The largest absolute Gasteiger partial charge is 0.497 e. The third-order valence-electron chi connectivity index (χ3n) is 5.68. The number of hydrogen-bond donors (Lipinski definition) is 1. The Morgan fingerprint density at radius 2 is 2.13 bits per heavy atom.